The number of carbonyl (C=O) groups excluding carboxylic acids is 3. The maximum Gasteiger partial charge on any atom is 0.338 e. The van der Waals surface area contributed by atoms with E-state index in [1.54, 1.807) is 24.3 Å². The fraction of sp³-hybridized carbons (Fsp3) is 0.222. The van der Waals surface area contributed by atoms with Crippen molar-refractivity contribution in [1.82, 2.24) is 0 Å². The van der Waals surface area contributed by atoms with Gasteiger partial charge in [0.2, 0.25) is 0 Å². The Morgan fingerprint density at radius 1 is 0.722 bits per heavy atom. The van der Waals surface area contributed by atoms with E-state index in [0.29, 0.717) is 17.1 Å². The van der Waals surface area contributed by atoms with Gasteiger partial charge in [-0.15, -0.1) is 0 Å². The third-order valence-electron chi connectivity index (χ3n) is 5.22. The van der Waals surface area contributed by atoms with Gasteiger partial charge in [0.05, 0.1) is 25.5 Å². The first-order valence-corrected chi connectivity index (χ1v) is 11.1. The molecule has 9 nitrogen and oxygen atoms in total. The highest BCUT2D eigenvalue weighted by atomic mass is 16.5. The molecule has 0 heterocycles. The average molecular weight is 493 g/mol. The smallest absolute Gasteiger partial charge is 0.338 e. The van der Waals surface area contributed by atoms with Crippen LogP contribution in [0.3, 0.4) is 0 Å². The Kier molecular flexibility index (Phi) is 8.88. The summed E-state index contributed by atoms with van der Waals surface area (Å²) in [5.41, 5.74) is 3.19. The summed E-state index contributed by atoms with van der Waals surface area (Å²) < 4.78 is 21.2. The first-order valence-electron chi connectivity index (χ1n) is 11.1. The molecule has 3 rings (SSSR count). The molecule has 36 heavy (non-hydrogen) atoms. The fourth-order valence-electron chi connectivity index (χ4n) is 3.39. The molecule has 0 atom stereocenters. The molecule has 0 unspecified atom stereocenters. The van der Waals surface area contributed by atoms with Crippen LogP contribution < -0.4 is 24.8 Å². The Morgan fingerprint density at radius 3 is 2.08 bits per heavy atom. The number of aryl methyl sites for hydroxylation is 2. The molecule has 2 amide bonds. The Balaban J connectivity index is 1.56. The second-order valence-electron chi connectivity index (χ2n) is 7.79. The second kappa shape index (κ2) is 12.3. The van der Waals surface area contributed by atoms with Crippen molar-refractivity contribution in [2.45, 2.75) is 13.8 Å². The minimum absolute atomic E-state index is 0.164. The standard InChI is InChI=1S/C27H28N2O7/c1-17-8-7-9-18(2)26(17)29-25(31)16-36-27(32)19-12-13-22(23(14-19)34-4)35-15-24(30)28-20-10-5-6-11-21(20)33-3/h5-14H,15-16H2,1-4H3,(H,28,30)(H,29,31). The molecule has 3 aromatic carbocycles. The molecule has 0 saturated carbocycles. The molecule has 0 aliphatic rings. The third-order valence-corrected chi connectivity index (χ3v) is 5.22. The van der Waals surface area contributed by atoms with E-state index in [9.17, 15) is 14.4 Å². The lowest BCUT2D eigenvalue weighted by Gasteiger charge is -2.13. The number of hydrogen-bond acceptors (Lipinski definition) is 7. The molecule has 0 bridgehead atoms. The van der Waals surface area contributed by atoms with Gasteiger partial charge < -0.3 is 29.6 Å². The highest BCUT2D eigenvalue weighted by Crippen LogP contribution is 2.29. The quantitative estimate of drug-likeness (QED) is 0.409. The van der Waals surface area contributed by atoms with Gasteiger partial charge in [0, 0.05) is 5.69 Å². The van der Waals surface area contributed by atoms with Crippen LogP contribution in [-0.4, -0.2) is 45.2 Å². The molecule has 188 valence electrons. The summed E-state index contributed by atoms with van der Waals surface area (Å²) in [4.78, 5) is 37.0. The molecule has 2 N–H and O–H groups in total. The summed E-state index contributed by atoms with van der Waals surface area (Å²) in [7, 11) is 2.92. The van der Waals surface area contributed by atoms with Crippen molar-refractivity contribution in [1.29, 1.82) is 0 Å². The predicted octanol–water partition coefficient (Wildman–Crippen LogP) is 4.13. The molecule has 0 fully saturated rings. The Bertz CT molecular complexity index is 1240. The number of methoxy groups -OCH3 is 2. The minimum atomic E-state index is -0.703. The minimum Gasteiger partial charge on any atom is -0.495 e. The summed E-state index contributed by atoms with van der Waals surface area (Å²) in [5.74, 6) is -0.542. The number of esters is 1. The van der Waals surface area contributed by atoms with Gasteiger partial charge in [0.25, 0.3) is 11.8 Å². The summed E-state index contributed by atoms with van der Waals surface area (Å²) in [5, 5.41) is 5.47. The molecule has 0 aliphatic carbocycles. The molecule has 0 saturated heterocycles. The first kappa shape index (κ1) is 26.1. The lowest BCUT2D eigenvalue weighted by molar-refractivity contribution is -0.119. The zero-order chi connectivity index (χ0) is 26.1. The van der Waals surface area contributed by atoms with Crippen molar-refractivity contribution in [2.24, 2.45) is 0 Å². The number of ether oxygens (including phenoxy) is 4. The Labute approximate surface area is 209 Å². The molecule has 0 radical (unpaired) electrons. The van der Waals surface area contributed by atoms with Gasteiger partial charge in [-0.05, 0) is 55.3 Å². The number of para-hydroxylation sites is 3. The number of anilines is 2. The third kappa shape index (κ3) is 6.75. The van der Waals surface area contributed by atoms with Gasteiger partial charge in [-0.2, -0.15) is 0 Å². The van der Waals surface area contributed by atoms with Crippen molar-refractivity contribution in [2.75, 3.05) is 38.1 Å². The van der Waals surface area contributed by atoms with E-state index in [2.05, 4.69) is 10.6 Å². The van der Waals surface area contributed by atoms with Gasteiger partial charge in [0.1, 0.15) is 5.75 Å². The second-order valence-corrected chi connectivity index (χ2v) is 7.79. The van der Waals surface area contributed by atoms with Gasteiger partial charge in [-0.25, -0.2) is 4.79 Å². The maximum atomic E-state index is 12.5. The number of amides is 2. The summed E-state index contributed by atoms with van der Waals surface area (Å²) >= 11 is 0. The van der Waals surface area contributed by atoms with Gasteiger partial charge >= 0.3 is 5.97 Å². The van der Waals surface area contributed by atoms with Gasteiger partial charge in [-0.1, -0.05) is 30.3 Å². The number of hydrogen-bond donors (Lipinski definition) is 2. The Hall–Kier alpha value is -4.53. The van der Waals surface area contributed by atoms with Crippen LogP contribution in [0.1, 0.15) is 21.5 Å². The first-order chi connectivity index (χ1) is 17.3. The number of benzene rings is 3. The van der Waals surface area contributed by atoms with Crippen LogP contribution in [0, 0.1) is 13.8 Å². The maximum absolute atomic E-state index is 12.5. The van der Waals surface area contributed by atoms with Crippen LogP contribution in [0.2, 0.25) is 0 Å². The van der Waals surface area contributed by atoms with Crippen LogP contribution in [0.15, 0.2) is 60.7 Å². The normalized spacial score (nSPS) is 10.2. The summed E-state index contributed by atoms with van der Waals surface area (Å²) in [6.07, 6.45) is 0. The fourth-order valence-corrected chi connectivity index (χ4v) is 3.39. The van der Waals surface area contributed by atoms with E-state index in [1.807, 2.05) is 32.0 Å². The molecule has 3 aromatic rings. The molecule has 0 spiro atoms. The van der Waals surface area contributed by atoms with Gasteiger partial charge in [-0.3, -0.25) is 9.59 Å². The zero-order valence-electron chi connectivity index (χ0n) is 20.5. The number of rotatable bonds is 10. The van der Waals surface area contributed by atoms with E-state index in [4.69, 9.17) is 18.9 Å². The van der Waals surface area contributed by atoms with E-state index in [0.717, 1.165) is 11.1 Å². The van der Waals surface area contributed by atoms with Crippen molar-refractivity contribution in [3.63, 3.8) is 0 Å². The summed E-state index contributed by atoms with van der Waals surface area (Å²) in [6, 6.07) is 17.0. The molecule has 0 aliphatic heterocycles. The van der Waals surface area contributed by atoms with E-state index in [1.165, 1.54) is 32.4 Å². The number of carbonyl (C=O) groups is 3. The average Bonchev–Trinajstić information content (AvgIpc) is 2.88. The van der Waals surface area contributed by atoms with E-state index >= 15 is 0 Å². The number of nitrogens with one attached hydrogen (secondary N) is 2. The molecular weight excluding hydrogens is 464 g/mol. The summed E-state index contributed by atoms with van der Waals surface area (Å²) in [6.45, 7) is 3.02. The van der Waals surface area contributed by atoms with Crippen molar-refractivity contribution < 1.29 is 33.3 Å². The van der Waals surface area contributed by atoms with E-state index in [-0.39, 0.29) is 23.7 Å². The molecule has 9 heteroatoms. The van der Waals surface area contributed by atoms with Crippen LogP contribution in [0.5, 0.6) is 17.2 Å². The topological polar surface area (TPSA) is 112 Å². The predicted molar refractivity (Wildman–Crippen MR) is 135 cm³/mol. The highest BCUT2D eigenvalue weighted by molar-refractivity contribution is 5.97. The molecular formula is C27H28N2O7. The van der Waals surface area contributed by atoms with Crippen molar-refractivity contribution >= 4 is 29.2 Å². The van der Waals surface area contributed by atoms with Crippen molar-refractivity contribution in [3.8, 4) is 17.2 Å². The van der Waals surface area contributed by atoms with Crippen LogP contribution in [-0.2, 0) is 14.3 Å². The Morgan fingerprint density at radius 2 is 1.39 bits per heavy atom. The largest absolute Gasteiger partial charge is 0.495 e. The monoisotopic (exact) mass is 492 g/mol. The SMILES string of the molecule is COc1ccccc1NC(=O)COc1ccc(C(=O)OCC(=O)Nc2c(C)cccc2C)cc1OC. The highest BCUT2D eigenvalue weighted by Gasteiger charge is 2.16. The lowest BCUT2D eigenvalue weighted by Crippen LogP contribution is -2.22. The van der Waals surface area contributed by atoms with E-state index < -0.39 is 24.4 Å². The molecule has 0 aromatic heterocycles. The van der Waals surface area contributed by atoms with Gasteiger partial charge in [0.15, 0.2) is 24.7 Å². The lowest BCUT2D eigenvalue weighted by atomic mass is 10.1. The van der Waals surface area contributed by atoms with Crippen LogP contribution >= 0.6 is 0 Å². The van der Waals surface area contributed by atoms with Crippen molar-refractivity contribution in [3.05, 3.63) is 77.4 Å². The van der Waals surface area contributed by atoms with Crippen LogP contribution in [0.4, 0.5) is 11.4 Å². The van der Waals surface area contributed by atoms with Crippen LogP contribution in [0.25, 0.3) is 0 Å². The zero-order valence-corrected chi connectivity index (χ0v) is 20.5.